The van der Waals surface area contributed by atoms with Crippen LogP contribution in [0.1, 0.15) is 6.92 Å². The number of urea groups is 1. The fraction of sp³-hybridized carbons (Fsp3) is 0.625. The molecule has 2 N–H and O–H groups in total. The third-order valence-electron chi connectivity index (χ3n) is 1.48. The van der Waals surface area contributed by atoms with E-state index in [9.17, 15) is 9.59 Å². The van der Waals surface area contributed by atoms with Gasteiger partial charge in [0.1, 0.15) is 4.32 Å². The number of thioether (sulfide) groups is 1. The number of rotatable bonds is 2. The predicted octanol–water partition coefficient (Wildman–Crippen LogP) is 0.410. The summed E-state index contributed by atoms with van der Waals surface area (Å²) in [5.41, 5.74) is 0. The fourth-order valence-corrected chi connectivity index (χ4v) is 1.70. The first-order chi connectivity index (χ1) is 6.88. The van der Waals surface area contributed by atoms with E-state index in [0.717, 1.165) is 0 Å². The first kappa shape index (κ1) is 14.2. The minimum absolute atomic E-state index is 0.358. The maximum absolute atomic E-state index is 11.4. The summed E-state index contributed by atoms with van der Waals surface area (Å²) in [7, 11) is 5.06. The molecule has 86 valence electrons. The number of nitrogens with zero attached hydrogens (tertiary/aromatic N) is 1. The molecule has 0 unspecified atom stereocenters. The molecule has 0 aromatic heterocycles. The Bertz CT molecular complexity index is 269. The van der Waals surface area contributed by atoms with Crippen molar-refractivity contribution in [1.82, 2.24) is 15.5 Å². The number of carbonyl (C=O) groups is 2. The predicted molar refractivity (Wildman–Crippen MR) is 65.9 cm³/mol. The summed E-state index contributed by atoms with van der Waals surface area (Å²) in [5, 5.41) is 4.10. The van der Waals surface area contributed by atoms with Gasteiger partial charge < -0.3 is 10.2 Å². The van der Waals surface area contributed by atoms with Gasteiger partial charge in [0.05, 0.1) is 5.25 Å². The van der Waals surface area contributed by atoms with Gasteiger partial charge in [0.15, 0.2) is 0 Å². The Balaban J connectivity index is 4.10. The van der Waals surface area contributed by atoms with Gasteiger partial charge in [0, 0.05) is 21.1 Å². The van der Waals surface area contributed by atoms with Crippen molar-refractivity contribution < 1.29 is 9.59 Å². The van der Waals surface area contributed by atoms with Crippen molar-refractivity contribution in [2.75, 3.05) is 21.1 Å². The molecule has 0 aliphatic carbocycles. The lowest BCUT2D eigenvalue weighted by Crippen LogP contribution is -2.41. The van der Waals surface area contributed by atoms with Gasteiger partial charge in [-0.15, -0.1) is 0 Å². The summed E-state index contributed by atoms with van der Waals surface area (Å²) < 4.78 is 0.606. The van der Waals surface area contributed by atoms with E-state index in [0.29, 0.717) is 4.32 Å². The number of carbonyl (C=O) groups excluding carboxylic acids is 2. The lowest BCUT2D eigenvalue weighted by Gasteiger charge is -2.16. The molecule has 0 aromatic rings. The van der Waals surface area contributed by atoms with Gasteiger partial charge in [0.25, 0.3) is 0 Å². The molecule has 0 aromatic carbocycles. The molecule has 0 spiro atoms. The fourth-order valence-electron chi connectivity index (χ4n) is 0.586. The highest BCUT2D eigenvalue weighted by Crippen LogP contribution is 2.14. The Morgan fingerprint density at radius 2 is 1.93 bits per heavy atom. The number of hydrogen-bond acceptors (Lipinski definition) is 4. The number of nitrogens with one attached hydrogen (secondary N) is 2. The molecule has 0 heterocycles. The summed E-state index contributed by atoms with van der Waals surface area (Å²) in [4.78, 5) is 24.0. The normalized spacial score (nSPS) is 11.5. The largest absolute Gasteiger partial charge is 0.364 e. The van der Waals surface area contributed by atoms with Gasteiger partial charge in [-0.1, -0.05) is 24.0 Å². The Morgan fingerprint density at radius 3 is 2.33 bits per heavy atom. The Morgan fingerprint density at radius 1 is 1.40 bits per heavy atom. The summed E-state index contributed by atoms with van der Waals surface area (Å²) in [6.07, 6.45) is 0. The van der Waals surface area contributed by atoms with Gasteiger partial charge in [-0.25, -0.2) is 4.79 Å². The van der Waals surface area contributed by atoms with Crippen molar-refractivity contribution in [2.45, 2.75) is 12.2 Å². The van der Waals surface area contributed by atoms with E-state index in [-0.39, 0.29) is 5.91 Å². The minimum atomic E-state index is -0.511. The Hall–Kier alpha value is -0.820. The van der Waals surface area contributed by atoms with Gasteiger partial charge in [-0.2, -0.15) is 0 Å². The van der Waals surface area contributed by atoms with Crippen molar-refractivity contribution in [3.05, 3.63) is 0 Å². The van der Waals surface area contributed by atoms with E-state index in [1.54, 1.807) is 25.9 Å². The second kappa shape index (κ2) is 6.62. The quantitative estimate of drug-likeness (QED) is 0.694. The number of thiocarbonyl (C=S) groups is 1. The lowest BCUT2D eigenvalue weighted by atomic mass is 10.4. The van der Waals surface area contributed by atoms with Crippen LogP contribution in [0, 0.1) is 0 Å². The molecule has 0 rings (SSSR count). The zero-order valence-electron chi connectivity index (χ0n) is 9.16. The third-order valence-corrected chi connectivity index (χ3v) is 3.26. The van der Waals surface area contributed by atoms with Crippen molar-refractivity contribution in [3.63, 3.8) is 0 Å². The van der Waals surface area contributed by atoms with Gasteiger partial charge in [-0.3, -0.25) is 10.1 Å². The average molecular weight is 249 g/mol. The van der Waals surface area contributed by atoms with E-state index in [2.05, 4.69) is 10.6 Å². The standard InChI is InChI=1S/C8H15N3O2S2/c1-5(15-8(14)11(3)4)6(12)10-7(13)9-2/h5H,1-4H3,(H2,9,10,12,13)/t5-/m0/s1. The Labute approximate surface area is 99.0 Å². The summed E-state index contributed by atoms with van der Waals surface area (Å²) in [5.74, 6) is -0.358. The van der Waals surface area contributed by atoms with E-state index >= 15 is 0 Å². The van der Waals surface area contributed by atoms with Crippen molar-refractivity contribution in [1.29, 1.82) is 0 Å². The smallest absolute Gasteiger partial charge is 0.321 e. The monoisotopic (exact) mass is 249 g/mol. The second-order valence-electron chi connectivity index (χ2n) is 2.99. The Kier molecular flexibility index (Phi) is 6.26. The second-order valence-corrected chi connectivity index (χ2v) is 4.96. The van der Waals surface area contributed by atoms with E-state index in [4.69, 9.17) is 12.2 Å². The minimum Gasteiger partial charge on any atom is -0.364 e. The molecule has 15 heavy (non-hydrogen) atoms. The van der Waals surface area contributed by atoms with Crippen LogP contribution in [0.5, 0.6) is 0 Å². The molecular weight excluding hydrogens is 234 g/mol. The van der Waals surface area contributed by atoms with Crippen LogP contribution < -0.4 is 10.6 Å². The first-order valence-corrected chi connectivity index (χ1v) is 5.57. The number of imide groups is 1. The van der Waals surface area contributed by atoms with Crippen LogP contribution in [-0.4, -0.2) is 47.6 Å². The van der Waals surface area contributed by atoms with Crippen LogP contribution in [0.3, 0.4) is 0 Å². The summed E-state index contributed by atoms with van der Waals surface area (Å²) in [6, 6.07) is -0.511. The van der Waals surface area contributed by atoms with Gasteiger partial charge in [-0.05, 0) is 6.92 Å². The SMILES string of the molecule is CNC(=O)NC(=O)[C@H](C)SC(=S)N(C)C. The zero-order valence-corrected chi connectivity index (χ0v) is 10.8. The molecule has 7 heteroatoms. The zero-order chi connectivity index (χ0) is 12.0. The highest BCUT2D eigenvalue weighted by molar-refractivity contribution is 8.23. The summed E-state index contributed by atoms with van der Waals surface area (Å²) in [6.45, 7) is 1.69. The summed E-state index contributed by atoms with van der Waals surface area (Å²) >= 11 is 6.26. The molecule has 0 aliphatic rings. The first-order valence-electron chi connectivity index (χ1n) is 4.29. The molecule has 0 fully saturated rings. The molecule has 0 aliphatic heterocycles. The van der Waals surface area contributed by atoms with Crippen LogP contribution in [-0.2, 0) is 4.79 Å². The van der Waals surface area contributed by atoms with Crippen LogP contribution in [0.4, 0.5) is 4.79 Å². The van der Waals surface area contributed by atoms with Crippen LogP contribution >= 0.6 is 24.0 Å². The van der Waals surface area contributed by atoms with Crippen molar-refractivity contribution in [3.8, 4) is 0 Å². The molecule has 3 amide bonds. The van der Waals surface area contributed by atoms with E-state index in [1.165, 1.54) is 18.8 Å². The molecule has 1 atom stereocenters. The molecule has 5 nitrogen and oxygen atoms in total. The molecule has 0 bridgehead atoms. The van der Waals surface area contributed by atoms with Crippen molar-refractivity contribution >= 4 is 40.2 Å². The van der Waals surface area contributed by atoms with Crippen molar-refractivity contribution in [2.24, 2.45) is 0 Å². The third kappa shape index (κ3) is 5.58. The number of hydrogen-bond donors (Lipinski definition) is 2. The molecule has 0 radical (unpaired) electrons. The number of amides is 3. The average Bonchev–Trinajstić information content (AvgIpc) is 2.16. The van der Waals surface area contributed by atoms with E-state index < -0.39 is 11.3 Å². The maximum Gasteiger partial charge on any atom is 0.321 e. The van der Waals surface area contributed by atoms with Gasteiger partial charge in [0.2, 0.25) is 5.91 Å². The highest BCUT2D eigenvalue weighted by atomic mass is 32.2. The highest BCUT2D eigenvalue weighted by Gasteiger charge is 2.18. The molecule has 0 saturated carbocycles. The molecular formula is C8H15N3O2S2. The topological polar surface area (TPSA) is 61.4 Å². The van der Waals surface area contributed by atoms with Crippen LogP contribution in [0.15, 0.2) is 0 Å². The molecule has 0 saturated heterocycles. The van der Waals surface area contributed by atoms with Gasteiger partial charge >= 0.3 is 6.03 Å². The lowest BCUT2D eigenvalue weighted by molar-refractivity contribution is -0.119. The van der Waals surface area contributed by atoms with Crippen LogP contribution in [0.25, 0.3) is 0 Å². The van der Waals surface area contributed by atoms with E-state index in [1.807, 2.05) is 0 Å². The van der Waals surface area contributed by atoms with Crippen LogP contribution in [0.2, 0.25) is 0 Å². The maximum atomic E-state index is 11.4.